The fourth-order valence-corrected chi connectivity index (χ4v) is 7.29. The van der Waals surface area contributed by atoms with Crippen molar-refractivity contribution in [1.82, 2.24) is 4.72 Å². The monoisotopic (exact) mass is 465 g/mol. The summed E-state index contributed by atoms with van der Waals surface area (Å²) in [5.41, 5.74) is 2.20. The lowest BCUT2D eigenvalue weighted by Crippen LogP contribution is -2.32. The van der Waals surface area contributed by atoms with E-state index in [1.807, 2.05) is 13.8 Å². The first-order chi connectivity index (χ1) is 14.2. The van der Waals surface area contributed by atoms with Gasteiger partial charge >= 0.3 is 0 Å². The quantitative estimate of drug-likeness (QED) is 0.546. The standard InChI is InChI=1S/C21H23NO5S3/c1-15-12-18(27-3)19(13-16(15)2)30(25,26)22-14-20(17-8-5-4-6-9-17)29(23,24)21-10-7-11-28-21/h4-13,20,22H,14H2,1-3H3. The average Bonchev–Trinajstić information content (AvgIpc) is 3.26. The topological polar surface area (TPSA) is 89.5 Å². The lowest BCUT2D eigenvalue weighted by atomic mass is 10.1. The second-order valence-electron chi connectivity index (χ2n) is 6.82. The Morgan fingerprint density at radius 2 is 1.63 bits per heavy atom. The highest BCUT2D eigenvalue weighted by atomic mass is 32.2. The number of nitrogens with one attached hydrogen (secondary N) is 1. The molecule has 0 radical (unpaired) electrons. The number of hydrogen-bond acceptors (Lipinski definition) is 6. The molecule has 0 saturated heterocycles. The summed E-state index contributed by atoms with van der Waals surface area (Å²) in [7, 11) is -6.40. The Kier molecular flexibility index (Phi) is 6.66. The van der Waals surface area contributed by atoms with Gasteiger partial charge in [-0.2, -0.15) is 0 Å². The second-order valence-corrected chi connectivity index (χ2v) is 11.9. The van der Waals surface area contributed by atoms with Gasteiger partial charge in [0.2, 0.25) is 10.0 Å². The van der Waals surface area contributed by atoms with Crippen molar-refractivity contribution >= 4 is 31.2 Å². The van der Waals surface area contributed by atoms with Crippen molar-refractivity contribution in [3.8, 4) is 5.75 Å². The normalized spacial score (nSPS) is 13.2. The Bertz CT molecular complexity index is 1220. The van der Waals surface area contributed by atoms with Gasteiger partial charge in [0.1, 0.15) is 20.1 Å². The van der Waals surface area contributed by atoms with Crippen LogP contribution in [0.25, 0.3) is 0 Å². The summed E-state index contributed by atoms with van der Waals surface area (Å²) in [5, 5.41) is 0.614. The lowest BCUT2D eigenvalue weighted by molar-refractivity contribution is 0.402. The van der Waals surface area contributed by atoms with Crippen molar-refractivity contribution in [2.24, 2.45) is 0 Å². The molecule has 1 unspecified atom stereocenters. The van der Waals surface area contributed by atoms with Gasteiger partial charge in [-0.1, -0.05) is 36.4 Å². The average molecular weight is 466 g/mol. The molecular weight excluding hydrogens is 442 g/mol. The van der Waals surface area contributed by atoms with E-state index >= 15 is 0 Å². The van der Waals surface area contributed by atoms with Crippen LogP contribution in [-0.2, 0) is 19.9 Å². The van der Waals surface area contributed by atoms with Gasteiger partial charge in [0, 0.05) is 6.54 Å². The maximum atomic E-state index is 13.2. The molecule has 1 N–H and O–H groups in total. The summed E-state index contributed by atoms with van der Waals surface area (Å²) in [4.78, 5) is -0.0200. The molecule has 3 aromatic rings. The van der Waals surface area contributed by atoms with E-state index in [-0.39, 0.29) is 21.4 Å². The van der Waals surface area contributed by atoms with E-state index in [1.54, 1.807) is 47.8 Å². The minimum Gasteiger partial charge on any atom is -0.495 e. The Morgan fingerprint density at radius 1 is 0.967 bits per heavy atom. The zero-order valence-electron chi connectivity index (χ0n) is 16.8. The molecule has 2 aromatic carbocycles. The summed E-state index contributed by atoms with van der Waals surface area (Å²) in [6, 6.07) is 15.0. The largest absolute Gasteiger partial charge is 0.495 e. The van der Waals surface area contributed by atoms with Gasteiger partial charge in [0.25, 0.3) is 0 Å². The molecule has 0 aliphatic rings. The minimum absolute atomic E-state index is 0.0200. The number of sulfone groups is 1. The van der Waals surface area contributed by atoms with Crippen molar-refractivity contribution in [3.05, 3.63) is 76.7 Å². The highest BCUT2D eigenvalue weighted by molar-refractivity contribution is 7.93. The number of benzene rings is 2. The molecular formula is C21H23NO5S3. The smallest absolute Gasteiger partial charge is 0.244 e. The molecule has 30 heavy (non-hydrogen) atoms. The summed E-state index contributed by atoms with van der Waals surface area (Å²) >= 11 is 1.11. The van der Waals surface area contributed by atoms with Crippen LogP contribution in [0, 0.1) is 13.8 Å². The summed E-state index contributed by atoms with van der Waals surface area (Å²) in [6.07, 6.45) is 0. The number of methoxy groups -OCH3 is 1. The third kappa shape index (κ3) is 4.59. The second kappa shape index (κ2) is 8.89. The molecule has 1 atom stereocenters. The molecule has 0 aliphatic heterocycles. The van der Waals surface area contributed by atoms with Crippen LogP contribution in [0.5, 0.6) is 5.75 Å². The molecule has 1 heterocycles. The number of ether oxygens (including phenoxy) is 1. The van der Waals surface area contributed by atoms with Crippen LogP contribution >= 0.6 is 11.3 Å². The van der Waals surface area contributed by atoms with Gasteiger partial charge in [0.15, 0.2) is 9.84 Å². The minimum atomic E-state index is -4.01. The van der Waals surface area contributed by atoms with Crippen LogP contribution in [0.4, 0.5) is 0 Å². The Labute approximate surface area is 181 Å². The third-order valence-corrected chi connectivity index (χ3v) is 9.83. The SMILES string of the molecule is COc1cc(C)c(C)cc1S(=O)(=O)NCC(c1ccccc1)S(=O)(=O)c1cccs1. The van der Waals surface area contributed by atoms with Gasteiger partial charge in [-0.25, -0.2) is 21.6 Å². The van der Waals surface area contributed by atoms with Gasteiger partial charge in [-0.05, 0) is 54.1 Å². The van der Waals surface area contributed by atoms with Crippen molar-refractivity contribution in [3.63, 3.8) is 0 Å². The predicted octanol–water partition coefficient (Wildman–Crippen LogP) is 3.87. The molecule has 0 bridgehead atoms. The molecule has 0 saturated carbocycles. The Morgan fingerprint density at radius 3 is 2.23 bits per heavy atom. The molecule has 160 valence electrons. The van der Waals surface area contributed by atoms with Crippen LogP contribution in [0.2, 0.25) is 0 Å². The first-order valence-electron chi connectivity index (χ1n) is 9.14. The van der Waals surface area contributed by atoms with E-state index in [9.17, 15) is 16.8 Å². The first-order valence-corrected chi connectivity index (χ1v) is 13.0. The predicted molar refractivity (Wildman–Crippen MR) is 118 cm³/mol. The molecule has 0 spiro atoms. The maximum Gasteiger partial charge on any atom is 0.244 e. The van der Waals surface area contributed by atoms with Gasteiger partial charge in [-0.15, -0.1) is 11.3 Å². The zero-order valence-corrected chi connectivity index (χ0v) is 19.3. The van der Waals surface area contributed by atoms with E-state index < -0.39 is 25.1 Å². The van der Waals surface area contributed by atoms with Crippen LogP contribution in [0.1, 0.15) is 21.9 Å². The molecule has 1 aromatic heterocycles. The molecule has 0 aliphatic carbocycles. The van der Waals surface area contributed by atoms with Gasteiger partial charge < -0.3 is 4.74 Å². The number of aryl methyl sites for hydroxylation is 2. The summed E-state index contributed by atoms with van der Waals surface area (Å²) < 4.78 is 60.4. The maximum absolute atomic E-state index is 13.2. The van der Waals surface area contributed by atoms with Gasteiger partial charge in [-0.3, -0.25) is 0 Å². The molecule has 6 nitrogen and oxygen atoms in total. The van der Waals surface area contributed by atoms with Gasteiger partial charge in [0.05, 0.1) is 7.11 Å². The molecule has 9 heteroatoms. The lowest BCUT2D eigenvalue weighted by Gasteiger charge is -2.19. The van der Waals surface area contributed by atoms with Crippen LogP contribution in [0.15, 0.2) is 69.1 Å². The van der Waals surface area contributed by atoms with Crippen LogP contribution < -0.4 is 9.46 Å². The van der Waals surface area contributed by atoms with Crippen molar-refractivity contribution < 1.29 is 21.6 Å². The fourth-order valence-electron chi connectivity index (χ4n) is 3.04. The van der Waals surface area contributed by atoms with E-state index in [0.29, 0.717) is 5.56 Å². The number of sulfonamides is 1. The highest BCUT2D eigenvalue weighted by Gasteiger charge is 2.32. The van der Waals surface area contributed by atoms with Crippen LogP contribution in [0.3, 0.4) is 0 Å². The van der Waals surface area contributed by atoms with Crippen molar-refractivity contribution in [2.45, 2.75) is 28.2 Å². The zero-order chi connectivity index (χ0) is 21.9. The van der Waals surface area contributed by atoms with Crippen LogP contribution in [-0.4, -0.2) is 30.5 Å². The third-order valence-electron chi connectivity index (χ3n) is 4.85. The summed E-state index contributed by atoms with van der Waals surface area (Å²) in [5.74, 6) is 0.211. The van der Waals surface area contributed by atoms with E-state index in [4.69, 9.17) is 4.74 Å². The number of rotatable bonds is 8. The number of hydrogen-bond donors (Lipinski definition) is 1. The highest BCUT2D eigenvalue weighted by Crippen LogP contribution is 2.32. The van der Waals surface area contributed by atoms with E-state index in [1.165, 1.54) is 19.2 Å². The molecule has 3 rings (SSSR count). The molecule has 0 amide bonds. The van der Waals surface area contributed by atoms with E-state index in [0.717, 1.165) is 22.5 Å². The Hall–Kier alpha value is -2.20. The molecule has 0 fully saturated rings. The number of thiophene rings is 1. The van der Waals surface area contributed by atoms with E-state index in [2.05, 4.69) is 4.72 Å². The summed E-state index contributed by atoms with van der Waals surface area (Å²) in [6.45, 7) is 3.37. The van der Waals surface area contributed by atoms with Crippen molar-refractivity contribution in [2.75, 3.05) is 13.7 Å². The first kappa shape index (κ1) is 22.5. The van der Waals surface area contributed by atoms with Crippen molar-refractivity contribution in [1.29, 1.82) is 0 Å². The Balaban J connectivity index is 1.98. The fraction of sp³-hybridized carbons (Fsp3) is 0.238.